The van der Waals surface area contributed by atoms with Gasteiger partial charge in [0.15, 0.2) is 0 Å². The van der Waals surface area contributed by atoms with Gasteiger partial charge < -0.3 is 24.8 Å². The summed E-state index contributed by atoms with van der Waals surface area (Å²) in [7, 11) is 0. The van der Waals surface area contributed by atoms with Crippen LogP contribution >= 0.6 is 11.6 Å². The molecule has 2 aromatic heterocycles. The monoisotopic (exact) mass is 541 g/mol. The molecule has 4 rings (SSSR count). The van der Waals surface area contributed by atoms with Gasteiger partial charge in [0, 0.05) is 32.0 Å². The van der Waals surface area contributed by atoms with E-state index in [0.717, 1.165) is 16.7 Å². The Labute approximate surface area is 213 Å². The molecule has 2 N–H and O–H groups in total. The number of alkyl halides is 3. The molecular weight excluding hydrogens is 519 g/mol. The van der Waals surface area contributed by atoms with E-state index in [9.17, 15) is 27.9 Å². The van der Waals surface area contributed by atoms with Gasteiger partial charge in [0.2, 0.25) is 0 Å². The highest BCUT2D eigenvalue weighted by Crippen LogP contribution is 2.34. The normalized spacial score (nSPS) is 14.9. The summed E-state index contributed by atoms with van der Waals surface area (Å²) in [6.07, 6.45) is -4.35. The fourth-order valence-electron chi connectivity index (χ4n) is 3.92. The number of anilines is 2. The van der Waals surface area contributed by atoms with Crippen LogP contribution in [0.2, 0.25) is 5.02 Å². The first-order valence-electron chi connectivity index (χ1n) is 11.3. The molecule has 37 heavy (non-hydrogen) atoms. The summed E-state index contributed by atoms with van der Waals surface area (Å²) in [4.78, 5) is 32.3. The number of aliphatic hydroxyl groups excluding tert-OH is 1. The molecular formula is C23H23ClF3N5O5. The van der Waals surface area contributed by atoms with Gasteiger partial charge in [-0.2, -0.15) is 0 Å². The average molecular weight is 542 g/mol. The smallest absolute Gasteiger partial charge is 0.452 e. The van der Waals surface area contributed by atoms with Crippen LogP contribution in [0.5, 0.6) is 11.5 Å². The molecule has 198 valence electrons. The molecule has 0 saturated heterocycles. The molecule has 1 aliphatic heterocycles. The Morgan fingerprint density at radius 1 is 1.16 bits per heavy atom. The summed E-state index contributed by atoms with van der Waals surface area (Å²) < 4.78 is 50.4. The van der Waals surface area contributed by atoms with Gasteiger partial charge in [0.25, 0.3) is 11.9 Å². The minimum Gasteiger partial charge on any atom is -0.452 e. The third kappa shape index (κ3) is 5.83. The summed E-state index contributed by atoms with van der Waals surface area (Å²) in [6.45, 7) is 1.76. The SMILES string of the molecule is CCn1c2c(c(=O)n(CCCO)c1=O)N(Cc1ccc(Cl)cn1)C(Oc1cccc(OC(F)(F)F)c1)N2. The molecule has 0 bridgehead atoms. The average Bonchev–Trinajstić information content (AvgIpc) is 3.17. The zero-order chi connectivity index (χ0) is 26.7. The van der Waals surface area contributed by atoms with E-state index in [1.807, 2.05) is 0 Å². The lowest BCUT2D eigenvalue weighted by Gasteiger charge is -2.26. The Bertz CT molecular complexity index is 1380. The van der Waals surface area contributed by atoms with Gasteiger partial charge in [-0.3, -0.25) is 18.9 Å². The first-order valence-corrected chi connectivity index (χ1v) is 11.6. The van der Waals surface area contributed by atoms with E-state index in [0.29, 0.717) is 10.7 Å². The number of fused-ring (bicyclic) bond motifs is 1. The Kier molecular flexibility index (Phi) is 7.64. The number of hydrogen-bond donors (Lipinski definition) is 2. The molecule has 1 aliphatic rings. The fourth-order valence-corrected chi connectivity index (χ4v) is 4.04. The van der Waals surface area contributed by atoms with Crippen molar-refractivity contribution in [2.24, 2.45) is 0 Å². The van der Waals surface area contributed by atoms with E-state index >= 15 is 0 Å². The molecule has 10 nitrogen and oxygen atoms in total. The molecule has 1 unspecified atom stereocenters. The topological polar surface area (TPSA) is 111 Å². The van der Waals surface area contributed by atoms with Crippen molar-refractivity contribution >= 4 is 23.1 Å². The highest BCUT2D eigenvalue weighted by atomic mass is 35.5. The van der Waals surface area contributed by atoms with Crippen molar-refractivity contribution in [3.63, 3.8) is 0 Å². The Morgan fingerprint density at radius 2 is 1.92 bits per heavy atom. The third-order valence-electron chi connectivity index (χ3n) is 5.50. The number of aromatic nitrogens is 3. The summed E-state index contributed by atoms with van der Waals surface area (Å²) in [6, 6.07) is 8.21. The molecule has 1 atom stereocenters. The highest BCUT2D eigenvalue weighted by molar-refractivity contribution is 6.30. The maximum atomic E-state index is 13.5. The van der Waals surface area contributed by atoms with Crippen LogP contribution in [0.15, 0.2) is 52.2 Å². The zero-order valence-electron chi connectivity index (χ0n) is 19.5. The molecule has 0 radical (unpaired) electrons. The first kappa shape index (κ1) is 26.4. The number of aliphatic hydroxyl groups is 1. The predicted octanol–water partition coefficient (Wildman–Crippen LogP) is 3.15. The van der Waals surface area contributed by atoms with Gasteiger partial charge in [0.05, 0.1) is 17.3 Å². The van der Waals surface area contributed by atoms with E-state index in [4.69, 9.17) is 16.3 Å². The summed E-state index contributed by atoms with van der Waals surface area (Å²) in [5, 5.41) is 12.6. The molecule has 3 aromatic rings. The van der Waals surface area contributed by atoms with Crippen molar-refractivity contribution < 1.29 is 27.8 Å². The van der Waals surface area contributed by atoms with Crippen LogP contribution in [0.4, 0.5) is 24.7 Å². The van der Waals surface area contributed by atoms with Gasteiger partial charge >= 0.3 is 12.1 Å². The number of pyridine rings is 1. The van der Waals surface area contributed by atoms with Gasteiger partial charge in [0.1, 0.15) is 23.0 Å². The second kappa shape index (κ2) is 10.7. The van der Waals surface area contributed by atoms with E-state index in [1.54, 1.807) is 19.1 Å². The van der Waals surface area contributed by atoms with Crippen molar-refractivity contribution in [3.05, 3.63) is 74.1 Å². The second-order valence-electron chi connectivity index (χ2n) is 7.99. The fraction of sp³-hybridized carbons (Fsp3) is 0.348. The first-order chi connectivity index (χ1) is 17.6. The summed E-state index contributed by atoms with van der Waals surface area (Å²) >= 11 is 5.94. The van der Waals surface area contributed by atoms with Crippen LogP contribution in [0, 0.1) is 0 Å². The quantitative estimate of drug-likeness (QED) is 0.425. The Balaban J connectivity index is 1.77. The van der Waals surface area contributed by atoms with Crippen molar-refractivity contribution in [3.8, 4) is 11.5 Å². The number of benzene rings is 1. The molecule has 14 heteroatoms. The standard InChI is InChI=1S/C23H23ClF3N5O5/c1-2-30-19-18(20(34)31(22(30)35)9-4-10-33)32(13-15-8-7-14(24)12-28-15)21(29-19)36-16-5-3-6-17(11-16)37-23(25,26)27/h3,5-8,11-12,21,29,33H,2,4,9-10,13H2,1H3. The number of rotatable bonds is 9. The maximum absolute atomic E-state index is 13.5. The summed E-state index contributed by atoms with van der Waals surface area (Å²) in [5.41, 5.74) is -0.556. The number of nitrogens with one attached hydrogen (secondary N) is 1. The van der Waals surface area contributed by atoms with Crippen LogP contribution in [-0.4, -0.2) is 38.5 Å². The minimum absolute atomic E-state index is 0.00314. The van der Waals surface area contributed by atoms with E-state index in [2.05, 4.69) is 15.0 Å². The van der Waals surface area contributed by atoms with Gasteiger partial charge in [-0.05, 0) is 37.6 Å². The van der Waals surface area contributed by atoms with Crippen molar-refractivity contribution in [1.82, 2.24) is 14.1 Å². The molecule has 3 heterocycles. The van der Waals surface area contributed by atoms with E-state index in [-0.39, 0.29) is 49.9 Å². The van der Waals surface area contributed by atoms with Crippen LogP contribution in [0.3, 0.4) is 0 Å². The van der Waals surface area contributed by atoms with E-state index < -0.39 is 29.7 Å². The van der Waals surface area contributed by atoms with Crippen molar-refractivity contribution in [2.45, 2.75) is 45.7 Å². The third-order valence-corrected chi connectivity index (χ3v) is 5.72. The van der Waals surface area contributed by atoms with Crippen LogP contribution < -0.4 is 30.9 Å². The number of ether oxygens (including phenoxy) is 2. The lowest BCUT2D eigenvalue weighted by atomic mass is 10.3. The van der Waals surface area contributed by atoms with Crippen molar-refractivity contribution in [1.29, 1.82) is 0 Å². The predicted molar refractivity (Wildman–Crippen MR) is 129 cm³/mol. The zero-order valence-corrected chi connectivity index (χ0v) is 20.3. The number of hydrogen-bond acceptors (Lipinski definition) is 8. The molecule has 0 amide bonds. The molecule has 0 spiro atoms. The Hall–Kier alpha value is -3.71. The van der Waals surface area contributed by atoms with Gasteiger partial charge in [-0.1, -0.05) is 17.7 Å². The molecule has 1 aromatic carbocycles. The van der Waals surface area contributed by atoms with Crippen LogP contribution in [-0.2, 0) is 19.6 Å². The largest absolute Gasteiger partial charge is 0.573 e. The molecule has 0 fully saturated rings. The van der Waals surface area contributed by atoms with Crippen LogP contribution in [0.1, 0.15) is 19.0 Å². The van der Waals surface area contributed by atoms with Gasteiger partial charge in [-0.15, -0.1) is 13.2 Å². The number of nitrogens with zero attached hydrogens (tertiary/aromatic N) is 4. The second-order valence-corrected chi connectivity index (χ2v) is 8.43. The minimum atomic E-state index is -4.89. The maximum Gasteiger partial charge on any atom is 0.573 e. The van der Waals surface area contributed by atoms with Crippen molar-refractivity contribution in [2.75, 3.05) is 16.8 Å². The van der Waals surface area contributed by atoms with E-state index in [1.165, 1.54) is 27.8 Å². The molecule has 0 saturated carbocycles. The number of halogens is 4. The summed E-state index contributed by atoms with van der Waals surface area (Å²) in [5.74, 6) is -0.269. The van der Waals surface area contributed by atoms with Crippen LogP contribution in [0.25, 0.3) is 0 Å². The highest BCUT2D eigenvalue weighted by Gasteiger charge is 2.37. The lowest BCUT2D eigenvalue weighted by Crippen LogP contribution is -2.44. The molecule has 0 aliphatic carbocycles. The Morgan fingerprint density at radius 3 is 2.57 bits per heavy atom. The van der Waals surface area contributed by atoms with Gasteiger partial charge in [-0.25, -0.2) is 4.79 Å². The lowest BCUT2D eigenvalue weighted by molar-refractivity contribution is -0.274.